The second kappa shape index (κ2) is 9.33. The number of pyridine rings is 3. The summed E-state index contributed by atoms with van der Waals surface area (Å²) in [7, 11) is 0. The molecule has 4 heteroatoms. The van der Waals surface area contributed by atoms with E-state index in [1.807, 2.05) is 30.5 Å². The topological polar surface area (TPSA) is 43.6 Å². The van der Waals surface area contributed by atoms with Crippen LogP contribution in [0, 0.1) is 0 Å². The van der Waals surface area contributed by atoms with Gasteiger partial charge in [0.15, 0.2) is 0 Å². The quantitative estimate of drug-likeness (QED) is 0.221. The smallest absolute Gasteiger partial charge is 0.137 e. The minimum Gasteiger partial charge on any atom is -0.294 e. The van der Waals surface area contributed by atoms with Crippen LogP contribution in [0.25, 0.3) is 82.7 Å². The molecule has 0 amide bonds. The van der Waals surface area contributed by atoms with E-state index in [4.69, 9.17) is 15.0 Å². The van der Waals surface area contributed by atoms with Crippen molar-refractivity contribution in [1.29, 1.82) is 0 Å². The molecule has 0 radical (unpaired) electrons. The Morgan fingerprint density at radius 1 is 0.442 bits per heavy atom. The molecule has 0 bridgehead atoms. The summed E-state index contributed by atoms with van der Waals surface area (Å²) in [5, 5.41) is 7.12. The van der Waals surface area contributed by atoms with Gasteiger partial charge in [-0.25, -0.2) is 15.0 Å². The second-order valence-corrected chi connectivity index (χ2v) is 10.9. The normalized spacial score (nSPS) is 11.7. The Morgan fingerprint density at radius 2 is 1.05 bits per heavy atom. The van der Waals surface area contributed by atoms with Crippen molar-refractivity contribution >= 4 is 54.4 Å². The van der Waals surface area contributed by atoms with Crippen LogP contribution in [0.15, 0.2) is 146 Å². The third-order valence-electron chi connectivity index (χ3n) is 8.42. The lowest BCUT2D eigenvalue weighted by Gasteiger charge is -2.09. The molecule has 200 valence electrons. The maximum absolute atomic E-state index is 4.99. The number of nitrogens with zero attached hydrogens (tertiary/aromatic N) is 4. The molecule has 0 aliphatic rings. The third kappa shape index (κ3) is 3.81. The summed E-state index contributed by atoms with van der Waals surface area (Å²) in [5.41, 5.74) is 8.18. The zero-order valence-electron chi connectivity index (χ0n) is 23.1. The summed E-state index contributed by atoms with van der Waals surface area (Å²) in [4.78, 5) is 14.9. The minimum atomic E-state index is 0.872. The van der Waals surface area contributed by atoms with Crippen molar-refractivity contribution in [2.45, 2.75) is 0 Å². The molecule has 0 fully saturated rings. The van der Waals surface area contributed by atoms with Crippen molar-refractivity contribution in [3.05, 3.63) is 146 Å². The number of fused-ring (bicyclic) bond motifs is 7. The number of hydrogen-bond donors (Lipinski definition) is 0. The Balaban J connectivity index is 1.24. The first-order chi connectivity index (χ1) is 21.3. The van der Waals surface area contributed by atoms with Crippen LogP contribution in [-0.2, 0) is 0 Å². The Morgan fingerprint density at radius 3 is 1.77 bits per heavy atom. The highest BCUT2D eigenvalue weighted by molar-refractivity contribution is 6.21. The van der Waals surface area contributed by atoms with E-state index in [0.29, 0.717) is 0 Å². The SMILES string of the molecule is c1ccc2nc(-c3ccc(-n4c5ccc(-c6ccc7ccccc7n6)cc5c5c6ccccc6ccc54)nc3)ccc2c1. The average Bonchev–Trinajstić information content (AvgIpc) is 3.42. The molecule has 5 aromatic carbocycles. The lowest BCUT2D eigenvalue weighted by Crippen LogP contribution is -1.97. The highest BCUT2D eigenvalue weighted by Gasteiger charge is 2.17. The first-order valence-electron chi connectivity index (χ1n) is 14.4. The average molecular weight is 549 g/mol. The fraction of sp³-hybridized carbons (Fsp3) is 0. The number of rotatable bonds is 3. The van der Waals surface area contributed by atoms with Crippen molar-refractivity contribution in [2.75, 3.05) is 0 Å². The predicted molar refractivity (Wildman–Crippen MR) is 178 cm³/mol. The van der Waals surface area contributed by atoms with Crippen LogP contribution in [0.2, 0.25) is 0 Å². The largest absolute Gasteiger partial charge is 0.294 e. The van der Waals surface area contributed by atoms with E-state index in [9.17, 15) is 0 Å². The van der Waals surface area contributed by atoms with Crippen LogP contribution in [-0.4, -0.2) is 19.5 Å². The highest BCUT2D eigenvalue weighted by atomic mass is 15.1. The number of aromatic nitrogens is 4. The van der Waals surface area contributed by atoms with Crippen LogP contribution in [0.1, 0.15) is 0 Å². The molecule has 0 atom stereocenters. The second-order valence-electron chi connectivity index (χ2n) is 10.9. The summed E-state index contributed by atoms with van der Waals surface area (Å²) >= 11 is 0. The number of hydrogen-bond acceptors (Lipinski definition) is 3. The molecule has 9 rings (SSSR count). The minimum absolute atomic E-state index is 0.872. The summed E-state index contributed by atoms with van der Waals surface area (Å²) in [6, 6.07) is 48.8. The van der Waals surface area contributed by atoms with Crippen molar-refractivity contribution in [1.82, 2.24) is 19.5 Å². The zero-order valence-corrected chi connectivity index (χ0v) is 23.1. The standard InChI is InChI=1S/C39H24N4/c1-4-10-30-25(7-1)15-21-37-39(30)31-23-28(34-18-13-26-8-2-5-11-32(26)41-34)16-20-36(31)43(37)38-22-17-29(24-40-38)35-19-14-27-9-3-6-12-33(27)42-35/h1-24H. The van der Waals surface area contributed by atoms with Crippen molar-refractivity contribution in [3.63, 3.8) is 0 Å². The van der Waals surface area contributed by atoms with E-state index in [1.54, 1.807) is 0 Å². The maximum Gasteiger partial charge on any atom is 0.137 e. The molecule has 9 aromatic rings. The predicted octanol–water partition coefficient (Wildman–Crippen LogP) is 9.76. The van der Waals surface area contributed by atoms with Gasteiger partial charge in [0.05, 0.1) is 33.5 Å². The first kappa shape index (κ1) is 23.8. The Hall–Kier alpha value is -5.87. The Labute approximate surface area is 247 Å². The van der Waals surface area contributed by atoms with E-state index in [0.717, 1.165) is 61.2 Å². The molecule has 0 unspecified atom stereocenters. The third-order valence-corrected chi connectivity index (χ3v) is 8.42. The van der Waals surface area contributed by atoms with Crippen molar-refractivity contribution in [2.24, 2.45) is 0 Å². The van der Waals surface area contributed by atoms with E-state index in [1.165, 1.54) is 21.5 Å². The lowest BCUT2D eigenvalue weighted by atomic mass is 10.0. The zero-order chi connectivity index (χ0) is 28.3. The fourth-order valence-corrected chi connectivity index (χ4v) is 6.32. The number of benzene rings is 5. The number of para-hydroxylation sites is 2. The van der Waals surface area contributed by atoms with Crippen LogP contribution in [0.5, 0.6) is 0 Å². The lowest BCUT2D eigenvalue weighted by molar-refractivity contribution is 1.08. The van der Waals surface area contributed by atoms with Crippen molar-refractivity contribution < 1.29 is 0 Å². The molecule has 0 aliphatic carbocycles. The van der Waals surface area contributed by atoms with E-state index in [-0.39, 0.29) is 0 Å². The summed E-state index contributed by atoms with van der Waals surface area (Å²) in [6.07, 6.45) is 1.93. The van der Waals surface area contributed by atoms with Gasteiger partial charge in [0.25, 0.3) is 0 Å². The molecule has 4 aromatic heterocycles. The van der Waals surface area contributed by atoms with E-state index in [2.05, 4.69) is 120 Å². The molecule has 0 saturated heterocycles. The van der Waals surface area contributed by atoms with E-state index < -0.39 is 0 Å². The maximum atomic E-state index is 4.99. The molecule has 0 saturated carbocycles. The molecule has 4 nitrogen and oxygen atoms in total. The summed E-state index contributed by atoms with van der Waals surface area (Å²) in [5.74, 6) is 0.872. The van der Waals surface area contributed by atoms with Crippen LogP contribution in [0.3, 0.4) is 0 Å². The van der Waals surface area contributed by atoms with Gasteiger partial charge in [0, 0.05) is 38.9 Å². The van der Waals surface area contributed by atoms with Gasteiger partial charge in [0.2, 0.25) is 0 Å². The van der Waals surface area contributed by atoms with Crippen LogP contribution < -0.4 is 0 Å². The van der Waals surface area contributed by atoms with Gasteiger partial charge in [-0.2, -0.15) is 0 Å². The van der Waals surface area contributed by atoms with Gasteiger partial charge in [-0.1, -0.05) is 84.9 Å². The fourth-order valence-electron chi connectivity index (χ4n) is 6.32. The Kier molecular flexibility index (Phi) is 5.16. The van der Waals surface area contributed by atoms with Crippen molar-refractivity contribution in [3.8, 4) is 28.3 Å². The molecule has 4 heterocycles. The molecule has 0 N–H and O–H groups in total. The summed E-state index contributed by atoms with van der Waals surface area (Å²) in [6.45, 7) is 0. The van der Waals surface area contributed by atoms with Gasteiger partial charge < -0.3 is 0 Å². The van der Waals surface area contributed by atoms with Gasteiger partial charge in [-0.05, 0) is 65.4 Å². The summed E-state index contributed by atoms with van der Waals surface area (Å²) < 4.78 is 2.27. The molecular weight excluding hydrogens is 524 g/mol. The van der Waals surface area contributed by atoms with Crippen LogP contribution in [0.4, 0.5) is 0 Å². The van der Waals surface area contributed by atoms with E-state index >= 15 is 0 Å². The Bertz CT molecular complexity index is 2510. The van der Waals surface area contributed by atoms with Gasteiger partial charge >= 0.3 is 0 Å². The molecule has 0 aliphatic heterocycles. The van der Waals surface area contributed by atoms with Gasteiger partial charge in [0.1, 0.15) is 5.82 Å². The first-order valence-corrected chi connectivity index (χ1v) is 14.4. The highest BCUT2D eigenvalue weighted by Crippen LogP contribution is 2.38. The molecule has 0 spiro atoms. The monoisotopic (exact) mass is 548 g/mol. The van der Waals surface area contributed by atoms with Crippen LogP contribution >= 0.6 is 0 Å². The molecule has 43 heavy (non-hydrogen) atoms. The molecular formula is C39H24N4. The van der Waals surface area contributed by atoms with Gasteiger partial charge in [-0.15, -0.1) is 0 Å². The van der Waals surface area contributed by atoms with Gasteiger partial charge in [-0.3, -0.25) is 4.57 Å².